The molecule has 1 amide bonds. The van der Waals surface area contributed by atoms with Gasteiger partial charge in [0.2, 0.25) is 0 Å². The Morgan fingerprint density at radius 1 is 1.39 bits per heavy atom. The van der Waals surface area contributed by atoms with Crippen LogP contribution in [-0.4, -0.2) is 23.9 Å². The van der Waals surface area contributed by atoms with Crippen molar-refractivity contribution < 1.29 is 9.18 Å². The fourth-order valence-corrected chi connectivity index (χ4v) is 2.61. The van der Waals surface area contributed by atoms with Crippen molar-refractivity contribution in [1.82, 2.24) is 4.90 Å². The molecule has 18 heavy (non-hydrogen) atoms. The van der Waals surface area contributed by atoms with Gasteiger partial charge in [-0.3, -0.25) is 4.79 Å². The number of halogens is 2. The molecule has 1 aromatic carbocycles. The topological polar surface area (TPSA) is 20.3 Å². The van der Waals surface area contributed by atoms with Crippen LogP contribution in [0.2, 0.25) is 0 Å². The number of carbonyl (C=O) groups excluding carboxylic acids is 1. The SMILES string of the molecule is CC1CCCN(C(=O)c2ccc(I)c(F)c2)CC1. The molecule has 2 nitrogen and oxygen atoms in total. The van der Waals surface area contributed by atoms with Gasteiger partial charge in [0.05, 0.1) is 0 Å². The lowest BCUT2D eigenvalue weighted by molar-refractivity contribution is 0.0760. The lowest BCUT2D eigenvalue weighted by Crippen LogP contribution is -2.32. The highest BCUT2D eigenvalue weighted by Crippen LogP contribution is 2.19. The van der Waals surface area contributed by atoms with Crippen molar-refractivity contribution in [3.8, 4) is 0 Å². The van der Waals surface area contributed by atoms with Crippen LogP contribution >= 0.6 is 22.6 Å². The molecule has 1 heterocycles. The van der Waals surface area contributed by atoms with Crippen LogP contribution in [0.15, 0.2) is 18.2 Å². The zero-order valence-corrected chi connectivity index (χ0v) is 12.6. The summed E-state index contributed by atoms with van der Waals surface area (Å²) in [6.07, 6.45) is 3.25. The molecule has 0 radical (unpaired) electrons. The van der Waals surface area contributed by atoms with Gasteiger partial charge in [-0.2, -0.15) is 0 Å². The fraction of sp³-hybridized carbons (Fsp3) is 0.500. The summed E-state index contributed by atoms with van der Waals surface area (Å²) in [5.41, 5.74) is 0.461. The highest BCUT2D eigenvalue weighted by Gasteiger charge is 2.20. The number of rotatable bonds is 1. The molecule has 0 saturated carbocycles. The molecule has 0 N–H and O–H groups in total. The second-order valence-corrected chi connectivity index (χ2v) is 6.12. The Hall–Kier alpha value is -0.650. The monoisotopic (exact) mass is 361 g/mol. The molecule has 1 aliphatic heterocycles. The predicted octanol–water partition coefficient (Wildman–Crippen LogP) is 3.69. The summed E-state index contributed by atoms with van der Waals surface area (Å²) < 4.78 is 14.0. The summed E-state index contributed by atoms with van der Waals surface area (Å²) in [4.78, 5) is 14.1. The molecule has 4 heteroatoms. The Morgan fingerprint density at radius 3 is 2.89 bits per heavy atom. The second-order valence-electron chi connectivity index (χ2n) is 4.96. The Labute approximate surface area is 121 Å². The van der Waals surface area contributed by atoms with Gasteiger partial charge in [-0.1, -0.05) is 6.92 Å². The number of nitrogens with zero attached hydrogens (tertiary/aromatic N) is 1. The molecular formula is C14H17FINO. The molecule has 0 aromatic heterocycles. The number of amides is 1. The van der Waals surface area contributed by atoms with E-state index in [9.17, 15) is 9.18 Å². The first kappa shape index (κ1) is 13.8. The van der Waals surface area contributed by atoms with Crippen LogP contribution in [0.25, 0.3) is 0 Å². The zero-order valence-electron chi connectivity index (χ0n) is 10.5. The van der Waals surface area contributed by atoms with Crippen LogP contribution in [0.1, 0.15) is 36.5 Å². The Bertz CT molecular complexity index is 449. The van der Waals surface area contributed by atoms with Gasteiger partial charge in [0.15, 0.2) is 0 Å². The molecular weight excluding hydrogens is 344 g/mol. The smallest absolute Gasteiger partial charge is 0.253 e. The van der Waals surface area contributed by atoms with Crippen LogP contribution < -0.4 is 0 Å². The van der Waals surface area contributed by atoms with Crippen molar-refractivity contribution in [3.05, 3.63) is 33.1 Å². The average molecular weight is 361 g/mol. The number of hydrogen-bond donors (Lipinski definition) is 0. The fourth-order valence-electron chi connectivity index (χ4n) is 2.28. The molecule has 1 saturated heterocycles. The van der Waals surface area contributed by atoms with Crippen LogP contribution in [0.4, 0.5) is 4.39 Å². The lowest BCUT2D eigenvalue weighted by Gasteiger charge is -2.20. The van der Waals surface area contributed by atoms with Crippen molar-refractivity contribution in [3.63, 3.8) is 0 Å². The van der Waals surface area contributed by atoms with Gasteiger partial charge in [-0.15, -0.1) is 0 Å². The number of benzene rings is 1. The van der Waals surface area contributed by atoms with E-state index < -0.39 is 0 Å². The minimum absolute atomic E-state index is 0.0422. The van der Waals surface area contributed by atoms with Gasteiger partial charge in [0, 0.05) is 22.2 Å². The molecule has 0 spiro atoms. The van der Waals surface area contributed by atoms with Crippen molar-refractivity contribution in [2.75, 3.05) is 13.1 Å². The predicted molar refractivity (Wildman–Crippen MR) is 78.0 cm³/mol. The summed E-state index contributed by atoms with van der Waals surface area (Å²) in [6.45, 7) is 3.79. The zero-order chi connectivity index (χ0) is 13.1. The molecule has 1 unspecified atom stereocenters. The van der Waals surface area contributed by atoms with Gasteiger partial charge in [0.25, 0.3) is 5.91 Å². The van der Waals surface area contributed by atoms with Crippen molar-refractivity contribution in [2.45, 2.75) is 26.2 Å². The maximum Gasteiger partial charge on any atom is 0.253 e. The van der Waals surface area contributed by atoms with E-state index in [0.29, 0.717) is 15.1 Å². The maximum atomic E-state index is 13.5. The van der Waals surface area contributed by atoms with Gasteiger partial charge in [0.1, 0.15) is 5.82 Å². The van der Waals surface area contributed by atoms with E-state index in [2.05, 4.69) is 6.92 Å². The molecule has 0 aliphatic carbocycles. The van der Waals surface area contributed by atoms with E-state index in [4.69, 9.17) is 0 Å². The minimum Gasteiger partial charge on any atom is -0.339 e. The normalized spacial score (nSPS) is 20.6. The number of hydrogen-bond acceptors (Lipinski definition) is 1. The molecule has 1 atom stereocenters. The Balaban J connectivity index is 2.12. The Kier molecular flexibility index (Phi) is 4.59. The van der Waals surface area contributed by atoms with E-state index in [0.717, 1.165) is 25.9 Å². The van der Waals surface area contributed by atoms with Crippen molar-refractivity contribution >= 4 is 28.5 Å². The van der Waals surface area contributed by atoms with Crippen LogP contribution in [-0.2, 0) is 0 Å². The quantitative estimate of drug-likeness (QED) is 0.699. The summed E-state index contributed by atoms with van der Waals surface area (Å²) in [7, 11) is 0. The highest BCUT2D eigenvalue weighted by molar-refractivity contribution is 14.1. The Morgan fingerprint density at radius 2 is 2.17 bits per heavy atom. The molecule has 1 aliphatic rings. The summed E-state index contributed by atoms with van der Waals surface area (Å²) >= 11 is 1.93. The first-order valence-electron chi connectivity index (χ1n) is 6.32. The highest BCUT2D eigenvalue weighted by atomic mass is 127. The third-order valence-electron chi connectivity index (χ3n) is 3.47. The molecule has 0 bridgehead atoms. The summed E-state index contributed by atoms with van der Waals surface area (Å²) in [5, 5.41) is 0. The molecule has 1 aromatic rings. The number of likely N-dealkylation sites (tertiary alicyclic amines) is 1. The molecule has 2 rings (SSSR count). The van der Waals surface area contributed by atoms with E-state index >= 15 is 0 Å². The van der Waals surface area contributed by atoms with E-state index in [-0.39, 0.29) is 11.7 Å². The summed E-state index contributed by atoms with van der Waals surface area (Å²) in [6, 6.07) is 4.71. The molecule has 98 valence electrons. The van der Waals surface area contributed by atoms with Crippen molar-refractivity contribution in [1.29, 1.82) is 0 Å². The first-order valence-corrected chi connectivity index (χ1v) is 7.40. The lowest BCUT2D eigenvalue weighted by atomic mass is 10.0. The average Bonchev–Trinajstić information content (AvgIpc) is 2.57. The van der Waals surface area contributed by atoms with Gasteiger partial charge in [-0.25, -0.2) is 4.39 Å². The van der Waals surface area contributed by atoms with Crippen LogP contribution in [0, 0.1) is 15.3 Å². The van der Waals surface area contributed by atoms with Gasteiger partial charge >= 0.3 is 0 Å². The third kappa shape index (κ3) is 3.22. The maximum absolute atomic E-state index is 13.5. The van der Waals surface area contributed by atoms with Gasteiger partial charge in [-0.05, 0) is 66.0 Å². The van der Waals surface area contributed by atoms with E-state index in [1.807, 2.05) is 27.5 Å². The second kappa shape index (κ2) is 5.99. The van der Waals surface area contributed by atoms with Gasteiger partial charge < -0.3 is 4.90 Å². The number of carbonyl (C=O) groups is 1. The summed E-state index contributed by atoms with van der Waals surface area (Å²) in [5.74, 6) is 0.320. The standard InChI is InChI=1S/C14H17FINO/c1-10-3-2-7-17(8-6-10)14(18)11-4-5-13(16)12(15)9-11/h4-5,9-10H,2-3,6-8H2,1H3. The van der Waals surface area contributed by atoms with E-state index in [1.54, 1.807) is 12.1 Å². The van der Waals surface area contributed by atoms with Crippen LogP contribution in [0.3, 0.4) is 0 Å². The molecule has 1 fully saturated rings. The van der Waals surface area contributed by atoms with Crippen LogP contribution in [0.5, 0.6) is 0 Å². The minimum atomic E-state index is -0.315. The largest absolute Gasteiger partial charge is 0.339 e. The first-order chi connectivity index (χ1) is 8.58. The van der Waals surface area contributed by atoms with E-state index in [1.165, 1.54) is 12.5 Å². The van der Waals surface area contributed by atoms with Crippen molar-refractivity contribution in [2.24, 2.45) is 5.92 Å². The third-order valence-corrected chi connectivity index (χ3v) is 4.35.